The zero-order valence-electron chi connectivity index (χ0n) is 21.0. The maximum absolute atomic E-state index is 13.5. The number of aromatic nitrogens is 1. The normalized spacial score (nSPS) is 43.1. The number of ether oxygens (including phenoxy) is 1. The van der Waals surface area contributed by atoms with Crippen LogP contribution in [0.15, 0.2) is 6.20 Å². The van der Waals surface area contributed by atoms with Crippen LogP contribution in [0.5, 0.6) is 0 Å². The van der Waals surface area contributed by atoms with E-state index in [2.05, 4.69) is 17.2 Å². The lowest BCUT2D eigenvalue weighted by atomic mass is 9.43. The summed E-state index contributed by atoms with van der Waals surface area (Å²) in [6.07, 6.45) is 0.573. The number of nitrogens with two attached hydrogens (primary N) is 1. The van der Waals surface area contributed by atoms with E-state index in [1.807, 2.05) is 27.7 Å². The Labute approximate surface area is 209 Å². The first-order valence-corrected chi connectivity index (χ1v) is 13.2. The lowest BCUT2D eigenvalue weighted by molar-refractivity contribution is -0.198. The molecule has 9 atom stereocenters. The third kappa shape index (κ3) is 3.88. The van der Waals surface area contributed by atoms with Crippen LogP contribution in [-0.4, -0.2) is 51.3 Å². The maximum atomic E-state index is 13.5. The van der Waals surface area contributed by atoms with Crippen molar-refractivity contribution in [3.63, 3.8) is 0 Å². The van der Waals surface area contributed by atoms with E-state index >= 15 is 0 Å². The predicted molar refractivity (Wildman–Crippen MR) is 131 cm³/mol. The lowest BCUT2D eigenvalue weighted by Gasteiger charge is -2.61. The number of nitrogen functional groups attached to an aromatic ring is 1. The van der Waals surface area contributed by atoms with Gasteiger partial charge in [-0.2, -0.15) is 0 Å². The number of carbonyl (C=O) groups excluding carboxylic acids is 3. The van der Waals surface area contributed by atoms with Gasteiger partial charge in [-0.05, 0) is 54.8 Å². The highest BCUT2D eigenvalue weighted by Crippen LogP contribution is 2.68. The molecule has 5 N–H and O–H groups in total. The molecule has 3 saturated carbocycles. The monoisotopic (exact) mass is 507 g/mol. The van der Waals surface area contributed by atoms with Crippen molar-refractivity contribution in [2.75, 3.05) is 5.73 Å². The second kappa shape index (κ2) is 8.81. The zero-order chi connectivity index (χ0) is 25.9. The number of hydrogen-bond acceptors (Lipinski definition) is 9. The van der Waals surface area contributed by atoms with Crippen LogP contribution in [0.3, 0.4) is 0 Å². The molecule has 35 heavy (non-hydrogen) atoms. The smallest absolute Gasteiger partial charge is 0.414 e. The van der Waals surface area contributed by atoms with E-state index in [1.165, 1.54) is 6.20 Å². The van der Waals surface area contributed by atoms with E-state index in [1.54, 1.807) is 0 Å². The highest BCUT2D eigenvalue weighted by atomic mass is 32.1. The minimum absolute atomic E-state index is 0.0215. The van der Waals surface area contributed by atoms with Crippen molar-refractivity contribution in [2.24, 2.45) is 34.0 Å². The van der Waals surface area contributed by atoms with E-state index in [4.69, 9.17) is 10.5 Å². The minimum Gasteiger partial charge on any atom is -0.445 e. The van der Waals surface area contributed by atoms with Gasteiger partial charge in [-0.25, -0.2) is 9.78 Å². The third-order valence-corrected chi connectivity index (χ3v) is 10.8. The van der Waals surface area contributed by atoms with Crippen LogP contribution in [0.25, 0.3) is 0 Å². The molecule has 0 radical (unpaired) electrons. The van der Waals surface area contributed by atoms with Crippen molar-refractivity contribution in [1.29, 1.82) is 0 Å². The number of alkyl carbamates (subject to hydrolysis) is 1. The number of imide groups is 1. The topological polar surface area (TPSA) is 152 Å². The molecule has 194 valence electrons. The number of nitrogens with zero attached hydrogens (tertiary/aromatic N) is 1. The van der Waals surface area contributed by atoms with Crippen molar-refractivity contribution >= 4 is 34.3 Å². The molecule has 0 saturated heterocycles. The van der Waals surface area contributed by atoms with Crippen LogP contribution in [0.2, 0.25) is 0 Å². The van der Waals surface area contributed by atoms with Gasteiger partial charge in [0.15, 0.2) is 10.9 Å². The maximum Gasteiger partial charge on any atom is 0.414 e. The fourth-order valence-electron chi connectivity index (χ4n) is 7.40. The highest BCUT2D eigenvalue weighted by Gasteiger charge is 2.70. The molecule has 3 unspecified atom stereocenters. The van der Waals surface area contributed by atoms with E-state index in [0.717, 1.165) is 24.2 Å². The summed E-state index contributed by atoms with van der Waals surface area (Å²) in [5, 5.41) is 24.8. The summed E-state index contributed by atoms with van der Waals surface area (Å²) >= 11 is 0.962. The largest absolute Gasteiger partial charge is 0.445 e. The van der Waals surface area contributed by atoms with Gasteiger partial charge in [-0.1, -0.05) is 46.0 Å². The Morgan fingerprint density at radius 3 is 2.57 bits per heavy atom. The van der Waals surface area contributed by atoms with E-state index in [9.17, 15) is 24.6 Å². The van der Waals surface area contributed by atoms with Gasteiger partial charge < -0.3 is 20.7 Å². The number of anilines is 1. The van der Waals surface area contributed by atoms with Gasteiger partial charge in [0.1, 0.15) is 17.1 Å². The molecular formula is C25H37N3O6S. The molecule has 2 bridgehead atoms. The van der Waals surface area contributed by atoms with Crippen molar-refractivity contribution in [1.82, 2.24) is 10.3 Å². The van der Waals surface area contributed by atoms with Crippen molar-refractivity contribution in [3.8, 4) is 0 Å². The molecule has 0 spiro atoms. The number of aliphatic hydroxyl groups excluding tert-OH is 2. The molecule has 3 aliphatic carbocycles. The van der Waals surface area contributed by atoms with Crippen LogP contribution in [0, 0.1) is 34.0 Å². The number of hydrogen-bond donors (Lipinski definition) is 4. The number of thiazole rings is 1. The summed E-state index contributed by atoms with van der Waals surface area (Å²) in [6, 6.07) is 0. The standard InChI is InChI=1S/C25H37N3O6S/c1-6-23(4)10-16(34-22(33)28-20(32)15-11-27-21(26)35-15)24(5)12(2)7-8-25(13(3)19(23)31)9-14(29)17(30)18(24)25/h11-14,16,18-19,29,31H,6-10H2,1-5H3,(H2,26,27)(H,28,32,33)/t12?,13-,14-,16?,18?,19-,23+,24-,25-/m0/s1. The second-order valence-electron chi connectivity index (χ2n) is 11.5. The predicted octanol–water partition coefficient (Wildman–Crippen LogP) is 3.15. The van der Waals surface area contributed by atoms with Gasteiger partial charge in [0.05, 0.1) is 12.3 Å². The Kier molecular flexibility index (Phi) is 6.56. The van der Waals surface area contributed by atoms with Crippen molar-refractivity contribution in [3.05, 3.63) is 11.1 Å². The molecule has 0 aliphatic heterocycles. The summed E-state index contributed by atoms with van der Waals surface area (Å²) in [4.78, 5) is 43.0. The van der Waals surface area contributed by atoms with Crippen LogP contribution >= 0.6 is 11.3 Å². The Morgan fingerprint density at radius 1 is 1.29 bits per heavy atom. The van der Waals surface area contributed by atoms with Crippen molar-refractivity contribution < 1.29 is 29.3 Å². The molecule has 1 aromatic heterocycles. The van der Waals surface area contributed by atoms with Gasteiger partial charge in [0, 0.05) is 11.3 Å². The van der Waals surface area contributed by atoms with E-state index < -0.39 is 52.5 Å². The molecule has 1 heterocycles. The molecular weight excluding hydrogens is 470 g/mol. The van der Waals surface area contributed by atoms with Gasteiger partial charge >= 0.3 is 6.09 Å². The Bertz CT molecular complexity index is 1030. The quantitative estimate of drug-likeness (QED) is 0.487. The van der Waals surface area contributed by atoms with Gasteiger partial charge in [-0.3, -0.25) is 14.9 Å². The third-order valence-electron chi connectivity index (χ3n) is 9.95. The number of Topliss-reactive ketones (excluding diaryl/α,β-unsaturated/α-hetero) is 1. The van der Waals surface area contributed by atoms with Crippen LogP contribution in [-0.2, 0) is 9.53 Å². The number of aliphatic hydroxyl groups is 2. The molecule has 9 nitrogen and oxygen atoms in total. The second-order valence-corrected chi connectivity index (χ2v) is 12.5. The number of ketones is 1. The molecule has 0 aromatic carbocycles. The zero-order valence-corrected chi connectivity index (χ0v) is 21.9. The van der Waals surface area contributed by atoms with E-state index in [-0.39, 0.29) is 27.6 Å². The number of amides is 2. The molecule has 1 aromatic rings. The number of rotatable bonds is 3. The number of carbonyl (C=O) groups is 3. The Balaban J connectivity index is 1.74. The summed E-state index contributed by atoms with van der Waals surface area (Å²) in [5.41, 5.74) is 3.65. The van der Waals surface area contributed by atoms with Gasteiger partial charge in [-0.15, -0.1) is 0 Å². The molecule has 2 amide bonds. The first-order chi connectivity index (χ1) is 16.3. The lowest BCUT2D eigenvalue weighted by Crippen LogP contribution is -2.63. The average Bonchev–Trinajstić information content (AvgIpc) is 3.36. The van der Waals surface area contributed by atoms with Crippen LogP contribution in [0.1, 0.15) is 76.4 Å². The van der Waals surface area contributed by atoms with E-state index in [0.29, 0.717) is 19.3 Å². The summed E-state index contributed by atoms with van der Waals surface area (Å²) in [7, 11) is 0. The Morgan fingerprint density at radius 2 is 1.97 bits per heavy atom. The van der Waals surface area contributed by atoms with Gasteiger partial charge in [0.2, 0.25) is 0 Å². The fraction of sp³-hybridized carbons (Fsp3) is 0.760. The Hall–Kier alpha value is -2.04. The first kappa shape index (κ1) is 26.0. The molecule has 4 rings (SSSR count). The first-order valence-electron chi connectivity index (χ1n) is 12.4. The minimum atomic E-state index is -1.10. The summed E-state index contributed by atoms with van der Waals surface area (Å²) < 4.78 is 5.99. The van der Waals surface area contributed by atoms with Crippen molar-refractivity contribution in [2.45, 2.75) is 85.0 Å². The summed E-state index contributed by atoms with van der Waals surface area (Å²) in [5.74, 6) is -1.64. The van der Waals surface area contributed by atoms with Gasteiger partial charge in [0.25, 0.3) is 5.91 Å². The van der Waals surface area contributed by atoms with Crippen LogP contribution < -0.4 is 11.1 Å². The summed E-state index contributed by atoms with van der Waals surface area (Å²) in [6.45, 7) is 10.0. The SMILES string of the molecule is CC[C@]1(C)CC(OC(=O)NC(=O)c2cnc(N)s2)[C@]2(C)C(C)CC[C@]3(C[C@H](O)C(=O)C23)[C@@H](C)[C@@H]1O. The van der Waals surface area contributed by atoms with Crippen LogP contribution in [0.4, 0.5) is 9.93 Å². The number of nitrogens with one attached hydrogen (secondary N) is 1. The fourth-order valence-corrected chi connectivity index (χ4v) is 7.98. The molecule has 3 fully saturated rings. The average molecular weight is 508 g/mol. The highest BCUT2D eigenvalue weighted by molar-refractivity contribution is 7.17. The molecule has 10 heteroatoms. The molecule has 3 aliphatic rings.